The van der Waals surface area contributed by atoms with Crippen molar-refractivity contribution >= 4 is 7.60 Å². The minimum Gasteiger partial charge on any atom is -0.320 e. The van der Waals surface area contributed by atoms with Gasteiger partial charge >= 0.3 is 7.60 Å². The Bertz CT molecular complexity index is 516. The summed E-state index contributed by atoms with van der Waals surface area (Å²) in [6, 6.07) is 0. The second kappa shape index (κ2) is 22.1. The summed E-state index contributed by atoms with van der Waals surface area (Å²) in [6.45, 7) is 4.62. The van der Waals surface area contributed by atoms with Crippen molar-refractivity contribution in [1.29, 1.82) is 0 Å². The number of hydrogen-bond donors (Lipinski definition) is 1. The molecule has 0 bridgehead atoms. The largest absolute Gasteiger partial charge is 0.385 e. The Balaban J connectivity index is 3.43. The number of nitrogens with zero attached hydrogens (tertiary/aromatic N) is 1. The fourth-order valence-electron chi connectivity index (χ4n) is 4.73. The van der Waals surface area contributed by atoms with E-state index in [1.807, 2.05) is 28.1 Å². The molecule has 0 saturated carbocycles. The molecule has 0 aliphatic rings. The molecule has 4 nitrogen and oxygen atoms in total. The van der Waals surface area contributed by atoms with Crippen molar-refractivity contribution in [3.05, 3.63) is 12.2 Å². The molecule has 1 N–H and O–H groups in total. The lowest BCUT2D eigenvalue weighted by Crippen LogP contribution is -2.44. The van der Waals surface area contributed by atoms with Gasteiger partial charge in [-0.1, -0.05) is 116 Å². The van der Waals surface area contributed by atoms with Gasteiger partial charge in [0, 0.05) is 6.42 Å². The highest BCUT2D eigenvalue weighted by molar-refractivity contribution is 7.53. The summed E-state index contributed by atoms with van der Waals surface area (Å²) in [5.41, 5.74) is 0. The van der Waals surface area contributed by atoms with Gasteiger partial charge in [-0.3, -0.25) is 4.57 Å². The highest BCUT2D eigenvalue weighted by atomic mass is 31.2. The molecule has 5 heteroatoms. The van der Waals surface area contributed by atoms with E-state index in [1.54, 1.807) is 0 Å². The molecular weight excluding hydrogens is 441 g/mol. The number of allylic oxidation sites excluding steroid dienone is 2. The molecule has 0 aromatic heterocycles. The molecule has 204 valence electrons. The average Bonchev–Trinajstić information content (AvgIpc) is 2.76. The fourth-order valence-corrected chi connectivity index (χ4v) is 6.63. The highest BCUT2D eigenvalue weighted by Gasteiger charge is 2.41. The van der Waals surface area contributed by atoms with Gasteiger partial charge in [-0.05, 0) is 32.1 Å². The molecule has 2 unspecified atom stereocenters. The van der Waals surface area contributed by atoms with Crippen LogP contribution in [-0.2, 0) is 9.09 Å². The Morgan fingerprint density at radius 3 is 1.44 bits per heavy atom. The normalized spacial score (nSPS) is 15.1. The molecule has 34 heavy (non-hydrogen) atoms. The van der Waals surface area contributed by atoms with Crippen LogP contribution in [0.2, 0.25) is 0 Å². The minimum atomic E-state index is -3.56. The van der Waals surface area contributed by atoms with Gasteiger partial charge in [0.25, 0.3) is 0 Å². The molecular formula is C29H61NO3P+. The van der Waals surface area contributed by atoms with Crippen molar-refractivity contribution in [2.75, 3.05) is 27.7 Å². The maximum Gasteiger partial charge on any atom is 0.385 e. The van der Waals surface area contributed by atoms with E-state index in [-0.39, 0.29) is 5.78 Å². The third-order valence-electron chi connectivity index (χ3n) is 6.82. The van der Waals surface area contributed by atoms with Crippen LogP contribution in [0.1, 0.15) is 142 Å². The third-order valence-corrected chi connectivity index (χ3v) is 9.18. The Morgan fingerprint density at radius 1 is 0.676 bits per heavy atom. The molecule has 0 rings (SSSR count). The van der Waals surface area contributed by atoms with E-state index in [0.29, 0.717) is 17.5 Å². The monoisotopic (exact) mass is 502 g/mol. The average molecular weight is 503 g/mol. The second-order valence-corrected chi connectivity index (χ2v) is 13.1. The van der Waals surface area contributed by atoms with Gasteiger partial charge in [-0.25, -0.2) is 0 Å². The topological polar surface area (TPSA) is 46.5 Å². The summed E-state index contributed by atoms with van der Waals surface area (Å²) in [5.74, 6) is -0.356. The summed E-state index contributed by atoms with van der Waals surface area (Å²) in [7, 11) is 2.29. The summed E-state index contributed by atoms with van der Waals surface area (Å²) in [5, 5.41) is 0. The van der Waals surface area contributed by atoms with Crippen LogP contribution < -0.4 is 0 Å². The Morgan fingerprint density at radius 2 is 1.06 bits per heavy atom. The first-order chi connectivity index (χ1) is 16.3. The van der Waals surface area contributed by atoms with Crippen molar-refractivity contribution < 1.29 is 18.5 Å². The van der Waals surface area contributed by atoms with Gasteiger partial charge in [0.15, 0.2) is 5.78 Å². The van der Waals surface area contributed by atoms with E-state index in [4.69, 9.17) is 4.52 Å². The Kier molecular flexibility index (Phi) is 22.0. The van der Waals surface area contributed by atoms with E-state index < -0.39 is 7.60 Å². The van der Waals surface area contributed by atoms with Crippen LogP contribution in [-0.4, -0.2) is 42.9 Å². The molecule has 0 saturated heterocycles. The SMILES string of the molecule is CCCCCCCCCCCCCCCCC=CCCCCCOP(=O)(O)C(CC)[N+](C)(C)C. The van der Waals surface area contributed by atoms with Gasteiger partial charge in [-0.2, -0.15) is 0 Å². The van der Waals surface area contributed by atoms with Crippen molar-refractivity contribution in [2.45, 2.75) is 148 Å². The van der Waals surface area contributed by atoms with Crippen molar-refractivity contribution in [1.82, 2.24) is 0 Å². The molecule has 0 spiro atoms. The van der Waals surface area contributed by atoms with Gasteiger partial charge in [0.1, 0.15) is 0 Å². The van der Waals surface area contributed by atoms with Gasteiger partial charge in [-0.15, -0.1) is 0 Å². The number of unbranched alkanes of at least 4 members (excludes halogenated alkanes) is 17. The lowest BCUT2D eigenvalue weighted by Gasteiger charge is -2.35. The number of rotatable bonds is 25. The number of quaternary nitrogens is 1. The molecule has 0 aliphatic heterocycles. The minimum absolute atomic E-state index is 0.356. The first-order valence-corrected chi connectivity index (χ1v) is 16.3. The van der Waals surface area contributed by atoms with E-state index in [1.165, 1.54) is 96.3 Å². The second-order valence-electron chi connectivity index (χ2n) is 11.1. The summed E-state index contributed by atoms with van der Waals surface area (Å²) >= 11 is 0. The molecule has 0 radical (unpaired) electrons. The predicted octanol–water partition coefficient (Wildman–Crippen LogP) is 9.62. The van der Waals surface area contributed by atoms with Crippen LogP contribution in [0.15, 0.2) is 12.2 Å². The summed E-state index contributed by atoms with van der Waals surface area (Å²) in [6.07, 6.45) is 30.4. The van der Waals surface area contributed by atoms with Crippen LogP contribution in [0.4, 0.5) is 0 Å². The van der Waals surface area contributed by atoms with Crippen LogP contribution in [0.5, 0.6) is 0 Å². The zero-order chi connectivity index (χ0) is 25.5. The predicted molar refractivity (Wildman–Crippen MR) is 150 cm³/mol. The molecule has 2 atom stereocenters. The molecule has 0 aliphatic carbocycles. The van der Waals surface area contributed by atoms with E-state index in [2.05, 4.69) is 19.1 Å². The molecule has 0 amide bonds. The zero-order valence-corrected chi connectivity index (χ0v) is 24.6. The van der Waals surface area contributed by atoms with Gasteiger partial charge < -0.3 is 13.9 Å². The maximum atomic E-state index is 12.5. The van der Waals surface area contributed by atoms with Crippen molar-refractivity contribution in [3.8, 4) is 0 Å². The molecule has 0 aromatic carbocycles. The van der Waals surface area contributed by atoms with E-state index in [0.717, 1.165) is 25.7 Å². The van der Waals surface area contributed by atoms with E-state index >= 15 is 0 Å². The standard InChI is InChI=1S/C29H60NO3P/c1-6-8-9-10-11-12-13-14-15-16-17-18-19-20-21-22-23-24-25-26-27-28-33-34(31,32)29(7-2)30(3,4)5/h22-23,29H,6-21,24-28H2,1-5H3/p+1. The lowest BCUT2D eigenvalue weighted by atomic mass is 10.0. The first-order valence-electron chi connectivity index (χ1n) is 14.7. The van der Waals surface area contributed by atoms with Crippen LogP contribution in [0, 0.1) is 0 Å². The Hall–Kier alpha value is -0.150. The quantitative estimate of drug-likeness (QED) is 0.0585. The molecule has 0 aromatic rings. The highest BCUT2D eigenvalue weighted by Crippen LogP contribution is 2.51. The summed E-state index contributed by atoms with van der Waals surface area (Å²) < 4.78 is 18.4. The fraction of sp³-hybridized carbons (Fsp3) is 0.931. The third kappa shape index (κ3) is 20.1. The summed E-state index contributed by atoms with van der Waals surface area (Å²) in [4.78, 5) is 10.3. The van der Waals surface area contributed by atoms with Crippen molar-refractivity contribution in [2.24, 2.45) is 0 Å². The van der Waals surface area contributed by atoms with Crippen LogP contribution >= 0.6 is 7.60 Å². The maximum absolute atomic E-state index is 12.5. The van der Waals surface area contributed by atoms with Crippen LogP contribution in [0.25, 0.3) is 0 Å². The first kappa shape index (κ1) is 33.8. The lowest BCUT2D eigenvalue weighted by molar-refractivity contribution is -0.883. The van der Waals surface area contributed by atoms with Crippen molar-refractivity contribution in [3.63, 3.8) is 0 Å². The zero-order valence-electron chi connectivity index (χ0n) is 23.7. The van der Waals surface area contributed by atoms with Gasteiger partial charge in [0.05, 0.1) is 27.7 Å². The smallest absolute Gasteiger partial charge is 0.320 e. The molecule has 0 fully saturated rings. The van der Waals surface area contributed by atoms with E-state index in [9.17, 15) is 9.46 Å². The number of hydrogen-bond acceptors (Lipinski definition) is 2. The Labute approximate surface area is 214 Å². The van der Waals surface area contributed by atoms with Crippen LogP contribution in [0.3, 0.4) is 0 Å². The van der Waals surface area contributed by atoms with Gasteiger partial charge in [0.2, 0.25) is 0 Å². The molecule has 0 heterocycles.